The first kappa shape index (κ1) is 21.6. The Kier molecular flexibility index (Phi) is 6.52. The van der Waals surface area contributed by atoms with Crippen LogP contribution in [0.5, 0.6) is 5.75 Å². The van der Waals surface area contributed by atoms with E-state index in [0.29, 0.717) is 34.8 Å². The number of aromatic nitrogens is 2. The Morgan fingerprint density at radius 1 is 1.06 bits per heavy atom. The molecule has 4 aromatic rings. The summed E-state index contributed by atoms with van der Waals surface area (Å²) in [6, 6.07) is 22.2. The Balaban J connectivity index is 1.63. The van der Waals surface area contributed by atoms with Gasteiger partial charge in [-0.15, -0.1) is 0 Å². The van der Waals surface area contributed by atoms with Crippen LogP contribution in [0.3, 0.4) is 0 Å². The van der Waals surface area contributed by atoms with Crippen molar-refractivity contribution in [3.63, 3.8) is 0 Å². The lowest BCUT2D eigenvalue weighted by Gasteiger charge is -2.14. The summed E-state index contributed by atoms with van der Waals surface area (Å²) in [5, 5.41) is 4.10. The maximum atomic E-state index is 12.9. The average molecular weight is 448 g/mol. The SMILES string of the molecule is CCOc1ccccc1CNC(=O)Cn1c(=O)nc(-c2ccccc2)c2cc(Cl)ccc21. The van der Waals surface area contributed by atoms with Gasteiger partial charge >= 0.3 is 5.69 Å². The van der Waals surface area contributed by atoms with Gasteiger partial charge in [-0.3, -0.25) is 9.36 Å². The van der Waals surface area contributed by atoms with Gasteiger partial charge in [-0.2, -0.15) is 4.98 Å². The van der Waals surface area contributed by atoms with Crippen LogP contribution in [-0.2, 0) is 17.9 Å². The Labute approximate surface area is 190 Å². The third kappa shape index (κ3) is 4.65. The summed E-state index contributed by atoms with van der Waals surface area (Å²) < 4.78 is 6.96. The van der Waals surface area contributed by atoms with Gasteiger partial charge in [-0.05, 0) is 31.2 Å². The van der Waals surface area contributed by atoms with Crippen LogP contribution in [0.25, 0.3) is 22.2 Å². The van der Waals surface area contributed by atoms with Crippen molar-refractivity contribution in [1.82, 2.24) is 14.9 Å². The van der Waals surface area contributed by atoms with Gasteiger partial charge in [0.15, 0.2) is 0 Å². The summed E-state index contributed by atoms with van der Waals surface area (Å²) in [6.07, 6.45) is 0. The van der Waals surface area contributed by atoms with E-state index in [0.717, 1.165) is 16.9 Å². The lowest BCUT2D eigenvalue weighted by Crippen LogP contribution is -2.33. The van der Waals surface area contributed by atoms with Crippen LogP contribution < -0.4 is 15.7 Å². The van der Waals surface area contributed by atoms with Gasteiger partial charge in [-0.1, -0.05) is 60.1 Å². The zero-order chi connectivity index (χ0) is 22.5. The summed E-state index contributed by atoms with van der Waals surface area (Å²) in [6.45, 7) is 2.58. The number of ether oxygens (including phenoxy) is 1. The summed E-state index contributed by atoms with van der Waals surface area (Å²) in [5.74, 6) is 0.422. The molecule has 0 fully saturated rings. The molecule has 0 saturated carbocycles. The van der Waals surface area contributed by atoms with Gasteiger partial charge in [-0.25, -0.2) is 4.79 Å². The van der Waals surface area contributed by atoms with Gasteiger partial charge in [0.1, 0.15) is 12.3 Å². The van der Waals surface area contributed by atoms with Gasteiger partial charge in [0.25, 0.3) is 0 Å². The van der Waals surface area contributed by atoms with Gasteiger partial charge in [0.05, 0.1) is 17.8 Å². The second-order valence-corrected chi connectivity index (χ2v) is 7.61. The van der Waals surface area contributed by atoms with Crippen molar-refractivity contribution in [2.24, 2.45) is 0 Å². The number of nitrogens with zero attached hydrogens (tertiary/aromatic N) is 2. The standard InChI is InChI=1S/C25H22ClN3O3/c1-2-32-22-11-7-6-10-18(22)15-27-23(30)16-29-21-13-12-19(26)14-20(21)24(28-25(29)31)17-8-4-3-5-9-17/h3-14H,2,15-16H2,1H3,(H,27,30). The number of hydrogen-bond acceptors (Lipinski definition) is 4. The highest BCUT2D eigenvalue weighted by atomic mass is 35.5. The summed E-state index contributed by atoms with van der Waals surface area (Å²) >= 11 is 6.23. The molecule has 1 aromatic heterocycles. The molecule has 1 amide bonds. The highest BCUT2D eigenvalue weighted by Gasteiger charge is 2.15. The molecule has 32 heavy (non-hydrogen) atoms. The van der Waals surface area contributed by atoms with E-state index >= 15 is 0 Å². The molecular formula is C25H22ClN3O3. The molecule has 7 heteroatoms. The lowest BCUT2D eigenvalue weighted by atomic mass is 10.1. The van der Waals surface area contributed by atoms with E-state index in [9.17, 15) is 9.59 Å². The molecule has 0 unspecified atom stereocenters. The number of para-hydroxylation sites is 1. The first-order valence-electron chi connectivity index (χ1n) is 10.3. The molecule has 0 saturated heterocycles. The Morgan fingerprint density at radius 2 is 1.81 bits per heavy atom. The van der Waals surface area contributed by atoms with Crippen LogP contribution in [0.4, 0.5) is 0 Å². The molecule has 1 N–H and O–H groups in total. The Morgan fingerprint density at radius 3 is 2.59 bits per heavy atom. The second-order valence-electron chi connectivity index (χ2n) is 7.17. The quantitative estimate of drug-likeness (QED) is 0.454. The highest BCUT2D eigenvalue weighted by molar-refractivity contribution is 6.31. The predicted octanol–water partition coefficient (Wildman–Crippen LogP) is 4.43. The smallest absolute Gasteiger partial charge is 0.349 e. The Bertz CT molecular complexity index is 1320. The molecule has 6 nitrogen and oxygen atoms in total. The average Bonchev–Trinajstić information content (AvgIpc) is 2.81. The molecule has 1 heterocycles. The molecule has 0 aliphatic rings. The van der Waals surface area contributed by atoms with Gasteiger partial charge in [0.2, 0.25) is 5.91 Å². The molecule has 3 aromatic carbocycles. The number of fused-ring (bicyclic) bond motifs is 1. The van der Waals surface area contributed by atoms with Crippen LogP contribution in [0.1, 0.15) is 12.5 Å². The maximum Gasteiger partial charge on any atom is 0.349 e. The van der Waals surface area contributed by atoms with Gasteiger partial charge < -0.3 is 10.1 Å². The van der Waals surface area contributed by atoms with Crippen molar-refractivity contribution in [3.05, 3.63) is 93.9 Å². The summed E-state index contributed by atoms with van der Waals surface area (Å²) in [7, 11) is 0. The molecule has 162 valence electrons. The molecule has 0 aliphatic heterocycles. The zero-order valence-corrected chi connectivity index (χ0v) is 18.3. The minimum Gasteiger partial charge on any atom is -0.494 e. The molecule has 0 spiro atoms. The fourth-order valence-electron chi connectivity index (χ4n) is 3.56. The Hall–Kier alpha value is -3.64. The molecule has 0 atom stereocenters. The molecule has 4 rings (SSSR count). The van der Waals surface area contributed by atoms with Crippen molar-refractivity contribution in [2.75, 3.05) is 6.61 Å². The minimum absolute atomic E-state index is 0.157. The molecule has 0 aliphatic carbocycles. The summed E-state index contributed by atoms with van der Waals surface area (Å²) in [4.78, 5) is 29.9. The van der Waals surface area contributed by atoms with Crippen molar-refractivity contribution in [3.8, 4) is 17.0 Å². The number of benzene rings is 3. The van der Waals surface area contributed by atoms with Crippen LogP contribution in [0.15, 0.2) is 77.6 Å². The van der Waals surface area contributed by atoms with Crippen LogP contribution in [-0.4, -0.2) is 22.1 Å². The van der Waals surface area contributed by atoms with Crippen molar-refractivity contribution >= 4 is 28.4 Å². The van der Waals surface area contributed by atoms with Crippen molar-refractivity contribution in [2.45, 2.75) is 20.0 Å². The largest absolute Gasteiger partial charge is 0.494 e. The van der Waals surface area contributed by atoms with Crippen LogP contribution in [0.2, 0.25) is 5.02 Å². The van der Waals surface area contributed by atoms with E-state index < -0.39 is 5.69 Å². The number of nitrogens with one attached hydrogen (secondary N) is 1. The number of amides is 1. The van der Waals surface area contributed by atoms with E-state index in [-0.39, 0.29) is 12.5 Å². The second kappa shape index (κ2) is 9.66. The number of carbonyl (C=O) groups excluding carboxylic acids is 1. The number of rotatable bonds is 7. The summed E-state index contributed by atoms with van der Waals surface area (Å²) in [5.41, 5.74) is 2.31. The fourth-order valence-corrected chi connectivity index (χ4v) is 3.73. The third-order valence-corrected chi connectivity index (χ3v) is 5.28. The van der Waals surface area contributed by atoms with E-state index in [1.165, 1.54) is 4.57 Å². The first-order chi connectivity index (χ1) is 15.6. The first-order valence-corrected chi connectivity index (χ1v) is 10.7. The maximum absolute atomic E-state index is 12.9. The zero-order valence-electron chi connectivity index (χ0n) is 17.5. The van der Waals surface area contributed by atoms with Gasteiger partial charge in [0, 0.05) is 28.1 Å². The highest BCUT2D eigenvalue weighted by Crippen LogP contribution is 2.27. The number of halogens is 1. The monoisotopic (exact) mass is 447 g/mol. The van der Waals surface area contributed by atoms with Crippen LogP contribution >= 0.6 is 11.6 Å². The third-order valence-electron chi connectivity index (χ3n) is 5.04. The normalized spacial score (nSPS) is 10.8. The van der Waals surface area contributed by atoms with E-state index in [2.05, 4.69) is 10.3 Å². The predicted molar refractivity (Wildman–Crippen MR) is 126 cm³/mol. The van der Waals surface area contributed by atoms with E-state index in [1.807, 2.05) is 61.5 Å². The fraction of sp³-hybridized carbons (Fsp3) is 0.160. The van der Waals surface area contributed by atoms with E-state index in [4.69, 9.17) is 16.3 Å². The molecule has 0 radical (unpaired) electrons. The number of carbonyl (C=O) groups is 1. The van der Waals surface area contributed by atoms with Crippen molar-refractivity contribution in [1.29, 1.82) is 0 Å². The van der Waals surface area contributed by atoms with Crippen molar-refractivity contribution < 1.29 is 9.53 Å². The van der Waals surface area contributed by atoms with Crippen LogP contribution in [0, 0.1) is 0 Å². The van der Waals surface area contributed by atoms with E-state index in [1.54, 1.807) is 18.2 Å². The molecule has 0 bridgehead atoms. The number of hydrogen-bond donors (Lipinski definition) is 1. The topological polar surface area (TPSA) is 73.2 Å². The molecular weight excluding hydrogens is 426 g/mol. The minimum atomic E-state index is -0.497. The lowest BCUT2D eigenvalue weighted by molar-refractivity contribution is -0.121.